The molecule has 13 heteroatoms. The van der Waals surface area contributed by atoms with Crippen molar-refractivity contribution in [2.45, 2.75) is 44.6 Å². The van der Waals surface area contributed by atoms with E-state index in [9.17, 15) is 24.0 Å². The van der Waals surface area contributed by atoms with Crippen molar-refractivity contribution >= 4 is 29.5 Å². The Labute approximate surface area is 282 Å². The summed E-state index contributed by atoms with van der Waals surface area (Å²) in [5.74, 6) is -3.41. The predicted molar refractivity (Wildman–Crippen MR) is 180 cm³/mol. The molecule has 13 nitrogen and oxygen atoms in total. The number of ketones is 2. The van der Waals surface area contributed by atoms with E-state index >= 15 is 0 Å². The Morgan fingerprint density at radius 3 is 1.83 bits per heavy atom. The molecule has 264 valence electrons. The number of carbonyl (C=O) groups excluding carboxylic acids is 2. The number of benzene rings is 2. The Bertz CT molecular complexity index is 1270. The zero-order valence-electron chi connectivity index (χ0n) is 27.8. The van der Waals surface area contributed by atoms with E-state index in [1.165, 1.54) is 4.90 Å². The third kappa shape index (κ3) is 18.4. The number of nitrogens with two attached hydrogens (primary N) is 1. The highest BCUT2D eigenvalue weighted by Crippen LogP contribution is 2.10. The van der Waals surface area contributed by atoms with Gasteiger partial charge in [-0.2, -0.15) is 0 Å². The number of hydrogen-bond donors (Lipinski definition) is 4. The van der Waals surface area contributed by atoms with Gasteiger partial charge in [-0.15, -0.1) is 0 Å². The number of Topliss-reactive ketones (excluding diaryl/α,β-unsaturated/α-hetero) is 2. The fourth-order valence-electron chi connectivity index (χ4n) is 5.04. The molecule has 0 aliphatic carbocycles. The van der Waals surface area contributed by atoms with E-state index in [4.69, 9.17) is 25.8 Å². The molecule has 0 radical (unpaired) electrons. The molecular formula is C35H50N4O9. The van der Waals surface area contributed by atoms with Gasteiger partial charge >= 0.3 is 17.9 Å². The van der Waals surface area contributed by atoms with Crippen molar-refractivity contribution in [3.63, 3.8) is 0 Å². The van der Waals surface area contributed by atoms with Crippen LogP contribution in [-0.4, -0.2) is 138 Å². The van der Waals surface area contributed by atoms with E-state index in [2.05, 4.69) is 0 Å². The maximum Gasteiger partial charge on any atom is 0.317 e. The van der Waals surface area contributed by atoms with Gasteiger partial charge in [-0.3, -0.25) is 38.7 Å². The molecule has 2 aromatic rings. The van der Waals surface area contributed by atoms with Gasteiger partial charge < -0.3 is 25.8 Å². The van der Waals surface area contributed by atoms with Crippen LogP contribution in [0.4, 0.5) is 0 Å². The van der Waals surface area contributed by atoms with Gasteiger partial charge in [0.2, 0.25) is 0 Å². The Morgan fingerprint density at radius 1 is 0.688 bits per heavy atom. The first-order valence-electron chi connectivity index (χ1n) is 16.2. The van der Waals surface area contributed by atoms with E-state index in [0.717, 1.165) is 36.0 Å². The van der Waals surface area contributed by atoms with Crippen molar-refractivity contribution in [2.75, 3.05) is 72.6 Å². The van der Waals surface area contributed by atoms with Crippen LogP contribution in [0.5, 0.6) is 0 Å². The quantitative estimate of drug-likeness (QED) is 0.100. The first-order valence-corrected chi connectivity index (χ1v) is 16.2. The fraction of sp³-hybridized carbons (Fsp3) is 0.514. The molecule has 0 amide bonds. The molecule has 1 atom stereocenters. The lowest BCUT2D eigenvalue weighted by Crippen LogP contribution is -2.44. The highest BCUT2D eigenvalue weighted by Gasteiger charge is 2.18. The minimum Gasteiger partial charge on any atom is -0.480 e. The van der Waals surface area contributed by atoms with Crippen molar-refractivity contribution in [1.82, 2.24) is 14.7 Å². The number of nitrogens with zero attached hydrogens (tertiary/aromatic N) is 3. The Hall–Kier alpha value is -4.01. The molecule has 0 bridgehead atoms. The second-order valence-corrected chi connectivity index (χ2v) is 12.0. The summed E-state index contributed by atoms with van der Waals surface area (Å²) in [6.07, 6.45) is 3.67. The zero-order chi connectivity index (χ0) is 35.3. The average molecular weight is 671 g/mol. The fourth-order valence-corrected chi connectivity index (χ4v) is 5.04. The summed E-state index contributed by atoms with van der Waals surface area (Å²) in [4.78, 5) is 63.2. The number of carbonyl (C=O) groups is 5. The highest BCUT2D eigenvalue weighted by molar-refractivity contribution is 5.85. The van der Waals surface area contributed by atoms with Gasteiger partial charge in [-0.1, -0.05) is 54.6 Å². The molecule has 0 saturated heterocycles. The first kappa shape index (κ1) is 40.2. The summed E-state index contributed by atoms with van der Waals surface area (Å²) in [5, 5.41) is 27.3. The monoisotopic (exact) mass is 670 g/mol. The summed E-state index contributed by atoms with van der Waals surface area (Å²) >= 11 is 0. The van der Waals surface area contributed by atoms with Crippen LogP contribution in [0.15, 0.2) is 54.6 Å². The minimum atomic E-state index is -1.15. The van der Waals surface area contributed by atoms with Crippen molar-refractivity contribution in [2.24, 2.45) is 5.73 Å². The van der Waals surface area contributed by atoms with Crippen molar-refractivity contribution in [3.8, 4) is 0 Å². The van der Waals surface area contributed by atoms with E-state index in [-0.39, 0.29) is 50.8 Å². The molecule has 0 spiro atoms. The van der Waals surface area contributed by atoms with Gasteiger partial charge in [0, 0.05) is 39.2 Å². The minimum absolute atomic E-state index is 0.00229. The molecule has 0 aliphatic heterocycles. The average Bonchev–Trinajstić information content (AvgIpc) is 3.03. The number of carboxylic acid groups (broad SMARTS) is 3. The van der Waals surface area contributed by atoms with Crippen LogP contribution in [-0.2, 0) is 48.0 Å². The molecule has 0 unspecified atom stereocenters. The lowest BCUT2D eigenvalue weighted by molar-refractivity contribution is -0.142. The van der Waals surface area contributed by atoms with E-state index in [1.807, 2.05) is 54.6 Å². The summed E-state index contributed by atoms with van der Waals surface area (Å²) in [6.45, 7) is 0.565. The van der Waals surface area contributed by atoms with Gasteiger partial charge in [-0.05, 0) is 55.8 Å². The van der Waals surface area contributed by atoms with E-state index in [0.29, 0.717) is 32.5 Å². The third-order valence-electron chi connectivity index (χ3n) is 7.77. The standard InChI is InChI=1S/C35H50N4O9/c1-37(23-33(42)43)17-18-38(19-20-39(24-34(44)45)25-35(46)47)22-30(40)15-13-29-11-9-28(10-12-29)8-5-21-48-26-32(41)31(36)16-14-27-6-3-2-4-7-27/h2-4,6-7,9-12,31H,5,8,13-26,36H2,1H3,(H,42,43)(H,44,45)(H,46,47)/t31-/m1/s1. The third-order valence-corrected chi connectivity index (χ3v) is 7.77. The van der Waals surface area contributed by atoms with Crippen LogP contribution in [0.3, 0.4) is 0 Å². The number of hydrogen-bond acceptors (Lipinski definition) is 10. The van der Waals surface area contributed by atoms with Gasteiger partial charge in [-0.25, -0.2) is 0 Å². The topological polar surface area (TPSA) is 191 Å². The van der Waals surface area contributed by atoms with Gasteiger partial charge in [0.1, 0.15) is 12.4 Å². The maximum atomic E-state index is 12.9. The number of aliphatic carboxylic acids is 3. The van der Waals surface area contributed by atoms with E-state index in [1.54, 1.807) is 16.8 Å². The van der Waals surface area contributed by atoms with Crippen molar-refractivity contribution < 1.29 is 44.0 Å². The summed E-state index contributed by atoms with van der Waals surface area (Å²) in [5.41, 5.74) is 9.30. The van der Waals surface area contributed by atoms with Crippen LogP contribution in [0.1, 0.15) is 36.0 Å². The van der Waals surface area contributed by atoms with Gasteiger partial charge in [0.05, 0.1) is 32.2 Å². The van der Waals surface area contributed by atoms with Gasteiger partial charge in [0.25, 0.3) is 0 Å². The zero-order valence-corrected chi connectivity index (χ0v) is 27.8. The maximum absolute atomic E-state index is 12.9. The normalized spacial score (nSPS) is 12.0. The molecule has 2 rings (SSSR count). The second kappa shape index (κ2) is 22.5. The Morgan fingerprint density at radius 2 is 1.23 bits per heavy atom. The Kier molecular flexibility index (Phi) is 18.9. The summed E-state index contributed by atoms with van der Waals surface area (Å²) in [7, 11) is 1.65. The molecule has 0 aromatic heterocycles. The van der Waals surface area contributed by atoms with Crippen LogP contribution in [0, 0.1) is 0 Å². The van der Waals surface area contributed by atoms with E-state index < -0.39 is 37.0 Å². The second-order valence-electron chi connectivity index (χ2n) is 12.0. The molecule has 48 heavy (non-hydrogen) atoms. The Balaban J connectivity index is 1.75. The van der Waals surface area contributed by atoms with Crippen LogP contribution < -0.4 is 5.73 Å². The highest BCUT2D eigenvalue weighted by atomic mass is 16.5. The summed E-state index contributed by atoms with van der Waals surface area (Å²) in [6, 6.07) is 17.3. The number of ether oxygens (including phenoxy) is 1. The molecule has 0 saturated carbocycles. The SMILES string of the molecule is CN(CCN(CCN(CC(=O)O)CC(=O)O)CC(=O)CCc1ccc(CCCOCC(=O)[C@H](N)CCc2ccccc2)cc1)CC(=O)O. The van der Waals surface area contributed by atoms with Crippen LogP contribution in [0.25, 0.3) is 0 Å². The molecule has 2 aromatic carbocycles. The van der Waals surface area contributed by atoms with Crippen molar-refractivity contribution in [1.29, 1.82) is 0 Å². The molecule has 0 heterocycles. The smallest absolute Gasteiger partial charge is 0.317 e. The predicted octanol–water partition coefficient (Wildman–Crippen LogP) is 1.46. The number of carboxylic acids is 3. The van der Waals surface area contributed by atoms with Crippen LogP contribution in [0.2, 0.25) is 0 Å². The largest absolute Gasteiger partial charge is 0.480 e. The number of aryl methyl sites for hydroxylation is 3. The molecular weight excluding hydrogens is 620 g/mol. The van der Waals surface area contributed by atoms with Gasteiger partial charge in [0.15, 0.2) is 5.78 Å². The summed E-state index contributed by atoms with van der Waals surface area (Å²) < 4.78 is 5.57. The molecule has 5 N–H and O–H groups in total. The lowest BCUT2D eigenvalue weighted by Gasteiger charge is -2.27. The molecule has 0 aliphatic rings. The molecule has 0 fully saturated rings. The number of rotatable bonds is 27. The van der Waals surface area contributed by atoms with Crippen LogP contribution >= 0.6 is 0 Å². The lowest BCUT2D eigenvalue weighted by atomic mass is 10.0. The van der Waals surface area contributed by atoms with Crippen molar-refractivity contribution in [3.05, 3.63) is 71.3 Å². The number of likely N-dealkylation sites (N-methyl/N-ethyl adjacent to an activating group) is 1. The first-order chi connectivity index (χ1) is 22.9.